The molecule has 0 saturated heterocycles. The van der Waals surface area contributed by atoms with Crippen LogP contribution in [-0.2, 0) is 28.6 Å². The minimum Gasteiger partial charge on any atom is -0.439 e. The van der Waals surface area contributed by atoms with Crippen molar-refractivity contribution >= 4 is 17.9 Å². The van der Waals surface area contributed by atoms with Crippen LogP contribution in [-0.4, -0.2) is 53.6 Å². The zero-order chi connectivity index (χ0) is 30.3. The number of rotatable bonds is 21. The van der Waals surface area contributed by atoms with Crippen LogP contribution in [0.3, 0.4) is 0 Å². The van der Waals surface area contributed by atoms with E-state index < -0.39 is 20.4 Å². The van der Waals surface area contributed by atoms with Crippen molar-refractivity contribution in [3.05, 3.63) is 0 Å². The molecule has 0 aromatic carbocycles. The third kappa shape index (κ3) is 43.6. The first-order valence-electron chi connectivity index (χ1n) is 14.8. The fraction of sp³-hybridized carbons (Fsp3) is 0.900. The summed E-state index contributed by atoms with van der Waals surface area (Å²) >= 11 is 0. The van der Waals surface area contributed by atoms with Crippen LogP contribution >= 0.6 is 0 Å². The molecule has 9 heteroatoms. The van der Waals surface area contributed by atoms with Crippen LogP contribution in [0.15, 0.2) is 0 Å². The third-order valence-electron chi connectivity index (χ3n) is 5.66. The fourth-order valence-corrected chi connectivity index (χ4v) is 3.43. The second-order valence-corrected chi connectivity index (χ2v) is 10.9. The number of carbonyl (C=O) groups is 3. The third-order valence-corrected chi connectivity index (χ3v) is 5.66. The van der Waals surface area contributed by atoms with Crippen LogP contribution < -0.4 is 0 Å². The van der Waals surface area contributed by atoms with Crippen molar-refractivity contribution in [2.75, 3.05) is 20.4 Å². The zero-order valence-electron chi connectivity index (χ0n) is 25.8. The lowest BCUT2D eigenvalue weighted by molar-refractivity contribution is -0.152. The quantitative estimate of drug-likeness (QED) is 0.0638. The molecule has 0 aromatic rings. The van der Waals surface area contributed by atoms with E-state index >= 15 is 0 Å². The number of aliphatic hydroxyl groups is 3. The summed E-state index contributed by atoms with van der Waals surface area (Å²) in [5.74, 6) is 1.32. The molecule has 0 bridgehead atoms. The molecular weight excluding hydrogens is 504 g/mol. The van der Waals surface area contributed by atoms with Gasteiger partial charge in [-0.1, -0.05) is 99.3 Å². The highest BCUT2D eigenvalue weighted by Crippen LogP contribution is 2.11. The second kappa shape index (κ2) is 32.5. The maximum absolute atomic E-state index is 10.8. The Hall–Kier alpha value is -1.71. The maximum Gasteiger partial charge on any atom is 0.307 e. The minimum absolute atomic E-state index is 0.299. The van der Waals surface area contributed by atoms with Crippen molar-refractivity contribution in [3.8, 4) is 0 Å². The van der Waals surface area contributed by atoms with E-state index in [0.29, 0.717) is 19.3 Å². The van der Waals surface area contributed by atoms with E-state index in [0.717, 1.165) is 56.3 Å². The largest absolute Gasteiger partial charge is 0.439 e. The number of aliphatic hydroxyl groups excluding tert-OH is 3. The standard InChI is InChI=1S/3C10H20O3/c3*1-9(2)6-4-3-5-7-10(12)13-8-11/h3*9,11H,3-8H2,1-2H3. The molecular formula is C30H60O9. The van der Waals surface area contributed by atoms with Crippen LogP contribution in [0.2, 0.25) is 0 Å². The minimum atomic E-state index is -0.495. The van der Waals surface area contributed by atoms with Crippen LogP contribution in [0.4, 0.5) is 0 Å². The SMILES string of the molecule is CC(C)CCCCCC(=O)OCO.CC(C)CCCCCC(=O)OCO.CC(C)CCCCCC(=O)OCO. The Labute approximate surface area is 238 Å². The van der Waals surface area contributed by atoms with Gasteiger partial charge in [-0.15, -0.1) is 0 Å². The van der Waals surface area contributed by atoms with Crippen molar-refractivity contribution in [1.82, 2.24) is 0 Å². The van der Waals surface area contributed by atoms with Crippen LogP contribution in [0.5, 0.6) is 0 Å². The molecule has 0 atom stereocenters. The molecule has 0 aliphatic heterocycles. The van der Waals surface area contributed by atoms with Gasteiger partial charge in [0.2, 0.25) is 0 Å². The van der Waals surface area contributed by atoms with Gasteiger partial charge in [-0.2, -0.15) is 0 Å². The average molecular weight is 565 g/mol. The normalized spacial score (nSPS) is 10.5. The van der Waals surface area contributed by atoms with E-state index in [1.807, 2.05) is 0 Å². The van der Waals surface area contributed by atoms with Gasteiger partial charge >= 0.3 is 17.9 Å². The fourth-order valence-electron chi connectivity index (χ4n) is 3.43. The van der Waals surface area contributed by atoms with Gasteiger partial charge in [0.25, 0.3) is 0 Å². The molecule has 39 heavy (non-hydrogen) atoms. The molecule has 0 aliphatic carbocycles. The number of hydrogen-bond donors (Lipinski definition) is 3. The summed E-state index contributed by atoms with van der Waals surface area (Å²) in [4.78, 5) is 32.3. The number of esters is 3. The van der Waals surface area contributed by atoms with Crippen molar-refractivity contribution < 1.29 is 43.9 Å². The molecule has 0 rings (SSSR count). The molecule has 0 aromatic heterocycles. The Bertz CT molecular complexity index is 472. The number of carbonyl (C=O) groups excluding carboxylic acids is 3. The Kier molecular flexibility index (Phi) is 34.8. The molecule has 3 N–H and O–H groups in total. The van der Waals surface area contributed by atoms with E-state index in [4.69, 9.17) is 15.3 Å². The van der Waals surface area contributed by atoms with Crippen molar-refractivity contribution in [2.45, 2.75) is 138 Å². The number of unbranched alkanes of at least 4 members (excludes halogenated alkanes) is 6. The lowest BCUT2D eigenvalue weighted by Gasteiger charge is -2.03. The van der Waals surface area contributed by atoms with E-state index in [1.54, 1.807) is 0 Å². The molecule has 0 fully saturated rings. The van der Waals surface area contributed by atoms with Gasteiger partial charge in [0, 0.05) is 19.3 Å². The molecule has 234 valence electrons. The van der Waals surface area contributed by atoms with Crippen molar-refractivity contribution in [1.29, 1.82) is 0 Å². The molecule has 0 aliphatic rings. The molecule has 9 nitrogen and oxygen atoms in total. The lowest BCUT2D eigenvalue weighted by atomic mass is 10.0. The summed E-state index contributed by atoms with van der Waals surface area (Å²) in [6, 6.07) is 0. The predicted octanol–water partition coefficient (Wildman–Crippen LogP) is 6.26. The van der Waals surface area contributed by atoms with Crippen molar-refractivity contribution in [3.63, 3.8) is 0 Å². The van der Waals surface area contributed by atoms with E-state index in [-0.39, 0.29) is 17.9 Å². The average Bonchev–Trinajstić information content (AvgIpc) is 2.84. The van der Waals surface area contributed by atoms with Crippen LogP contribution in [0, 0.1) is 17.8 Å². The summed E-state index contributed by atoms with van der Waals surface area (Å²) in [7, 11) is 0. The van der Waals surface area contributed by atoms with Gasteiger partial charge in [0.1, 0.15) is 0 Å². The summed E-state index contributed by atoms with van der Waals surface area (Å²) < 4.78 is 13.2. The van der Waals surface area contributed by atoms with Crippen LogP contribution in [0.1, 0.15) is 138 Å². The Balaban J connectivity index is -0.000000498. The van der Waals surface area contributed by atoms with Gasteiger partial charge < -0.3 is 29.5 Å². The topological polar surface area (TPSA) is 140 Å². The highest BCUT2D eigenvalue weighted by Gasteiger charge is 2.03. The molecule has 0 unspecified atom stereocenters. The molecule has 0 saturated carbocycles. The van der Waals surface area contributed by atoms with Gasteiger partial charge in [-0.05, 0) is 37.0 Å². The maximum atomic E-state index is 10.8. The second-order valence-electron chi connectivity index (χ2n) is 10.9. The summed E-state index contributed by atoms with van der Waals surface area (Å²) in [6.07, 6.45) is 14.3. The summed E-state index contributed by atoms with van der Waals surface area (Å²) in [5.41, 5.74) is 0. The first-order chi connectivity index (χ1) is 18.5. The number of ether oxygens (including phenoxy) is 3. The zero-order valence-corrected chi connectivity index (χ0v) is 25.8. The van der Waals surface area contributed by atoms with Crippen molar-refractivity contribution in [2.24, 2.45) is 17.8 Å². The summed E-state index contributed by atoms with van der Waals surface area (Å²) in [5, 5.41) is 24.8. The van der Waals surface area contributed by atoms with Gasteiger partial charge in [-0.25, -0.2) is 0 Å². The van der Waals surface area contributed by atoms with Gasteiger partial charge in [0.15, 0.2) is 20.4 Å². The molecule has 0 heterocycles. The Morgan fingerprint density at radius 3 is 0.846 bits per heavy atom. The first kappa shape index (κ1) is 41.8. The first-order valence-corrected chi connectivity index (χ1v) is 14.8. The summed E-state index contributed by atoms with van der Waals surface area (Å²) in [6.45, 7) is 11.7. The Morgan fingerprint density at radius 1 is 0.436 bits per heavy atom. The van der Waals surface area contributed by atoms with Gasteiger partial charge in [0.05, 0.1) is 0 Å². The molecule has 0 radical (unpaired) electrons. The lowest BCUT2D eigenvalue weighted by Crippen LogP contribution is -2.04. The monoisotopic (exact) mass is 564 g/mol. The van der Waals surface area contributed by atoms with Crippen LogP contribution in [0.25, 0.3) is 0 Å². The highest BCUT2D eigenvalue weighted by atomic mass is 16.6. The Morgan fingerprint density at radius 2 is 0.667 bits per heavy atom. The van der Waals surface area contributed by atoms with E-state index in [9.17, 15) is 14.4 Å². The predicted molar refractivity (Wildman–Crippen MR) is 153 cm³/mol. The van der Waals surface area contributed by atoms with E-state index in [2.05, 4.69) is 55.8 Å². The molecule has 0 spiro atoms. The number of hydrogen-bond acceptors (Lipinski definition) is 9. The molecule has 0 amide bonds. The highest BCUT2D eigenvalue weighted by molar-refractivity contribution is 5.69. The smallest absolute Gasteiger partial charge is 0.307 e. The van der Waals surface area contributed by atoms with E-state index in [1.165, 1.54) is 38.5 Å². The van der Waals surface area contributed by atoms with Gasteiger partial charge in [-0.3, -0.25) is 14.4 Å².